The van der Waals surface area contributed by atoms with Crippen LogP contribution in [0.25, 0.3) is 0 Å². The number of carbonyl (C=O) groups is 1. The Balaban J connectivity index is 1.64. The molecular weight excluding hydrogens is 328 g/mol. The Labute approximate surface area is 152 Å². The van der Waals surface area contributed by atoms with Gasteiger partial charge in [0.05, 0.1) is 23.9 Å². The number of rotatable bonds is 4. The van der Waals surface area contributed by atoms with Crippen molar-refractivity contribution in [2.45, 2.75) is 5.72 Å². The van der Waals surface area contributed by atoms with Gasteiger partial charge < -0.3 is 20.5 Å². The molecule has 2 aliphatic rings. The summed E-state index contributed by atoms with van der Waals surface area (Å²) in [6.07, 6.45) is 5.51. The lowest BCUT2D eigenvalue weighted by Crippen LogP contribution is -2.48. The van der Waals surface area contributed by atoms with Gasteiger partial charge in [-0.1, -0.05) is 48.5 Å². The van der Waals surface area contributed by atoms with Crippen LogP contribution in [0.4, 0.5) is 11.4 Å². The maximum atomic E-state index is 12.8. The second-order valence-corrected chi connectivity index (χ2v) is 6.29. The number of hydrogen-bond acceptors (Lipinski definition) is 5. The molecule has 0 radical (unpaired) electrons. The van der Waals surface area contributed by atoms with Gasteiger partial charge >= 0.3 is 0 Å². The first-order valence-corrected chi connectivity index (χ1v) is 8.58. The minimum absolute atomic E-state index is 0.0244. The molecule has 1 fully saturated rings. The van der Waals surface area contributed by atoms with E-state index in [1.54, 1.807) is 0 Å². The van der Waals surface area contributed by atoms with Gasteiger partial charge in [0.1, 0.15) is 12.4 Å². The number of para-hydroxylation sites is 2. The first-order chi connectivity index (χ1) is 12.7. The molecule has 1 heterocycles. The van der Waals surface area contributed by atoms with Gasteiger partial charge in [-0.05, 0) is 24.3 Å². The molecule has 0 aromatic heterocycles. The number of Topliss-reactive ketones (excluding diaryl/α,β-unsaturated/α-hetero) is 1. The zero-order chi connectivity index (χ0) is 18.0. The molecule has 2 atom stereocenters. The fraction of sp³-hybridized carbons (Fsp3) is 0.190. The molecule has 1 aliphatic heterocycles. The summed E-state index contributed by atoms with van der Waals surface area (Å²) in [6.45, 7) is 0.887. The second-order valence-electron chi connectivity index (χ2n) is 6.29. The summed E-state index contributed by atoms with van der Waals surface area (Å²) >= 11 is 0. The predicted molar refractivity (Wildman–Crippen MR) is 101 cm³/mol. The summed E-state index contributed by atoms with van der Waals surface area (Å²) in [4.78, 5) is 12.8. The molecule has 5 nitrogen and oxygen atoms in total. The van der Waals surface area contributed by atoms with Crippen molar-refractivity contribution >= 4 is 17.2 Å². The van der Waals surface area contributed by atoms with Gasteiger partial charge in [-0.15, -0.1) is 0 Å². The Morgan fingerprint density at radius 3 is 2.65 bits per heavy atom. The fourth-order valence-corrected chi connectivity index (χ4v) is 3.20. The number of nitrogen functional groups attached to an aromatic ring is 1. The van der Waals surface area contributed by atoms with E-state index in [0.29, 0.717) is 30.2 Å². The standard InChI is InChI=1S/C21H20N2O3/c22-17-8-4-5-9-18(17)23-21-11-10-16(14-19(21)25-12-13-26-21)20(24)15-6-2-1-3-7-15/h1-11,14,16,23H,12-13,22H2. The van der Waals surface area contributed by atoms with Crippen molar-refractivity contribution in [1.29, 1.82) is 0 Å². The lowest BCUT2D eigenvalue weighted by molar-refractivity contribution is -0.0733. The highest BCUT2D eigenvalue weighted by atomic mass is 16.6. The van der Waals surface area contributed by atoms with Crippen molar-refractivity contribution < 1.29 is 14.3 Å². The molecule has 2 aromatic carbocycles. The smallest absolute Gasteiger partial charge is 0.216 e. The maximum Gasteiger partial charge on any atom is 0.216 e. The minimum atomic E-state index is -0.943. The third-order valence-corrected chi connectivity index (χ3v) is 4.55. The number of hydrogen-bond donors (Lipinski definition) is 2. The molecule has 4 rings (SSSR count). The third-order valence-electron chi connectivity index (χ3n) is 4.55. The summed E-state index contributed by atoms with van der Waals surface area (Å²) in [5.74, 6) is 0.220. The van der Waals surface area contributed by atoms with Crippen LogP contribution >= 0.6 is 0 Å². The van der Waals surface area contributed by atoms with Crippen LogP contribution in [0.3, 0.4) is 0 Å². The number of ether oxygens (including phenoxy) is 2. The molecule has 0 bridgehead atoms. The Hall–Kier alpha value is -3.05. The third kappa shape index (κ3) is 2.97. The number of ketones is 1. The van der Waals surface area contributed by atoms with Crippen LogP contribution in [0.15, 0.2) is 78.6 Å². The van der Waals surface area contributed by atoms with Crippen LogP contribution in [0, 0.1) is 5.92 Å². The van der Waals surface area contributed by atoms with Gasteiger partial charge in [-0.3, -0.25) is 4.79 Å². The Morgan fingerprint density at radius 1 is 1.08 bits per heavy atom. The summed E-state index contributed by atoms with van der Waals surface area (Å²) in [7, 11) is 0. The number of carbonyl (C=O) groups excluding carboxylic acids is 1. The van der Waals surface area contributed by atoms with Crippen LogP contribution in [-0.2, 0) is 9.47 Å². The van der Waals surface area contributed by atoms with Crippen LogP contribution < -0.4 is 11.1 Å². The highest BCUT2D eigenvalue weighted by Crippen LogP contribution is 2.36. The molecule has 0 spiro atoms. The number of nitrogens with one attached hydrogen (secondary N) is 1. The normalized spacial score (nSPS) is 24.2. The Bertz CT molecular complexity index is 876. The van der Waals surface area contributed by atoms with Gasteiger partial charge in [0, 0.05) is 5.56 Å². The first kappa shape index (κ1) is 16.4. The van der Waals surface area contributed by atoms with Crippen molar-refractivity contribution in [2.24, 2.45) is 5.92 Å². The molecular formula is C21H20N2O3. The van der Waals surface area contributed by atoms with Crippen molar-refractivity contribution in [2.75, 3.05) is 24.3 Å². The van der Waals surface area contributed by atoms with E-state index in [4.69, 9.17) is 15.2 Å². The maximum absolute atomic E-state index is 12.8. The molecule has 0 saturated carbocycles. The highest BCUT2D eigenvalue weighted by molar-refractivity contribution is 6.00. The SMILES string of the molecule is Nc1ccccc1NC12C=CC(C(=O)c3ccccc3)C=C1OCCO2. The lowest BCUT2D eigenvalue weighted by Gasteiger charge is -2.40. The van der Waals surface area contributed by atoms with Gasteiger partial charge in [-0.25, -0.2) is 0 Å². The van der Waals surface area contributed by atoms with E-state index >= 15 is 0 Å². The fourth-order valence-electron chi connectivity index (χ4n) is 3.20. The van der Waals surface area contributed by atoms with E-state index in [1.807, 2.05) is 72.8 Å². The van der Waals surface area contributed by atoms with Crippen LogP contribution in [0.5, 0.6) is 0 Å². The Morgan fingerprint density at radius 2 is 1.85 bits per heavy atom. The molecule has 0 amide bonds. The molecule has 132 valence electrons. The van der Waals surface area contributed by atoms with Crippen molar-refractivity contribution in [1.82, 2.24) is 0 Å². The first-order valence-electron chi connectivity index (χ1n) is 8.58. The topological polar surface area (TPSA) is 73.6 Å². The van der Waals surface area contributed by atoms with Crippen LogP contribution in [0.2, 0.25) is 0 Å². The zero-order valence-electron chi connectivity index (χ0n) is 14.2. The predicted octanol–water partition coefficient (Wildman–Crippen LogP) is 3.38. The molecule has 2 aromatic rings. The molecule has 1 aliphatic carbocycles. The van der Waals surface area contributed by atoms with Gasteiger partial charge in [0.15, 0.2) is 5.78 Å². The van der Waals surface area contributed by atoms with Crippen molar-refractivity contribution in [3.05, 3.63) is 84.1 Å². The van der Waals surface area contributed by atoms with E-state index in [9.17, 15) is 4.79 Å². The number of allylic oxidation sites excluding steroid dienone is 2. The van der Waals surface area contributed by atoms with E-state index < -0.39 is 11.6 Å². The number of anilines is 2. The average Bonchev–Trinajstić information content (AvgIpc) is 2.69. The summed E-state index contributed by atoms with van der Waals surface area (Å²) in [5.41, 5.74) is 7.15. The monoisotopic (exact) mass is 348 g/mol. The van der Waals surface area contributed by atoms with Crippen LogP contribution in [-0.4, -0.2) is 24.7 Å². The van der Waals surface area contributed by atoms with E-state index in [1.165, 1.54) is 0 Å². The summed E-state index contributed by atoms with van der Waals surface area (Å²) < 4.78 is 11.8. The zero-order valence-corrected chi connectivity index (χ0v) is 14.2. The average molecular weight is 348 g/mol. The Kier molecular flexibility index (Phi) is 4.22. The summed E-state index contributed by atoms with van der Waals surface area (Å²) in [6, 6.07) is 16.7. The molecule has 5 heteroatoms. The molecule has 1 saturated heterocycles. The number of nitrogens with two attached hydrogens (primary N) is 1. The quantitative estimate of drug-likeness (QED) is 0.503. The largest absolute Gasteiger partial charge is 0.490 e. The van der Waals surface area contributed by atoms with Crippen molar-refractivity contribution in [3.63, 3.8) is 0 Å². The van der Waals surface area contributed by atoms with Crippen molar-refractivity contribution in [3.8, 4) is 0 Å². The number of fused-ring (bicyclic) bond motifs is 1. The summed E-state index contributed by atoms with van der Waals surface area (Å²) in [5, 5.41) is 3.33. The lowest BCUT2D eigenvalue weighted by atomic mass is 9.89. The second kappa shape index (κ2) is 6.69. The van der Waals surface area contributed by atoms with Gasteiger partial charge in [-0.2, -0.15) is 0 Å². The molecule has 2 unspecified atom stereocenters. The number of benzene rings is 2. The van der Waals surface area contributed by atoms with Gasteiger partial charge in [0.2, 0.25) is 5.72 Å². The van der Waals surface area contributed by atoms with E-state index in [-0.39, 0.29) is 5.78 Å². The minimum Gasteiger partial charge on any atom is -0.490 e. The van der Waals surface area contributed by atoms with Gasteiger partial charge in [0.25, 0.3) is 0 Å². The van der Waals surface area contributed by atoms with E-state index in [2.05, 4.69) is 5.32 Å². The van der Waals surface area contributed by atoms with E-state index in [0.717, 1.165) is 5.69 Å². The molecule has 26 heavy (non-hydrogen) atoms. The molecule has 3 N–H and O–H groups in total. The highest BCUT2D eigenvalue weighted by Gasteiger charge is 2.41. The van der Waals surface area contributed by atoms with Crippen LogP contribution in [0.1, 0.15) is 10.4 Å².